The molecule has 0 unspecified atom stereocenters. The van der Waals surface area contributed by atoms with Crippen LogP contribution in [0.4, 0.5) is 5.69 Å². The highest BCUT2D eigenvalue weighted by atomic mass is 32.2. The molecule has 2 aromatic heterocycles. The van der Waals surface area contributed by atoms with E-state index in [1.807, 2.05) is 6.07 Å². The van der Waals surface area contributed by atoms with Gasteiger partial charge in [0.05, 0.1) is 33.3 Å². The maximum absolute atomic E-state index is 11.1. The van der Waals surface area contributed by atoms with Crippen LogP contribution in [0.3, 0.4) is 0 Å². The third-order valence-electron chi connectivity index (χ3n) is 2.98. The van der Waals surface area contributed by atoms with Crippen molar-refractivity contribution in [3.63, 3.8) is 0 Å². The Hall–Kier alpha value is -3.12. The number of nitro groups is 1. The van der Waals surface area contributed by atoms with Gasteiger partial charge in [0.1, 0.15) is 5.76 Å². The van der Waals surface area contributed by atoms with Crippen LogP contribution in [0.15, 0.2) is 49.5 Å². The lowest BCUT2D eigenvalue weighted by atomic mass is 10.2. The Kier molecular flexibility index (Phi) is 3.82. The van der Waals surface area contributed by atoms with Crippen molar-refractivity contribution >= 4 is 17.4 Å². The average molecular weight is 328 g/mol. The van der Waals surface area contributed by atoms with Gasteiger partial charge in [0, 0.05) is 6.07 Å². The predicted octanol–water partition coefficient (Wildman–Crippen LogP) is 3.57. The molecule has 0 bridgehead atoms. The molecule has 0 radical (unpaired) electrons. The van der Waals surface area contributed by atoms with Crippen LogP contribution in [0.5, 0.6) is 0 Å². The molecule has 0 fully saturated rings. The van der Waals surface area contributed by atoms with Gasteiger partial charge in [0.2, 0.25) is 0 Å². The molecule has 8 nitrogen and oxygen atoms in total. The van der Waals surface area contributed by atoms with Crippen LogP contribution in [-0.2, 0) is 0 Å². The summed E-state index contributed by atoms with van der Waals surface area (Å²) in [6.07, 6.45) is 1.50. The molecular weight excluding hydrogens is 320 g/mol. The Morgan fingerprint density at radius 2 is 2.17 bits per heavy atom. The number of furan rings is 1. The Morgan fingerprint density at radius 1 is 1.35 bits per heavy atom. The van der Waals surface area contributed by atoms with Crippen LogP contribution in [0.2, 0.25) is 0 Å². The summed E-state index contributed by atoms with van der Waals surface area (Å²) in [6, 6.07) is 7.70. The minimum atomic E-state index is -0.527. The molecule has 0 aliphatic heterocycles. The van der Waals surface area contributed by atoms with E-state index < -0.39 is 4.92 Å². The molecule has 9 heteroatoms. The highest BCUT2D eigenvalue weighted by Gasteiger charge is 2.19. The molecule has 3 aromatic rings. The molecule has 23 heavy (non-hydrogen) atoms. The van der Waals surface area contributed by atoms with Gasteiger partial charge in [-0.05, 0) is 36.9 Å². The first-order chi connectivity index (χ1) is 11.1. The number of nitro benzene ring substituents is 1. The number of nitriles is 1. The van der Waals surface area contributed by atoms with Crippen LogP contribution in [0.1, 0.15) is 11.3 Å². The van der Waals surface area contributed by atoms with E-state index in [-0.39, 0.29) is 21.7 Å². The van der Waals surface area contributed by atoms with Crippen LogP contribution in [-0.4, -0.2) is 15.1 Å². The molecule has 2 heterocycles. The summed E-state index contributed by atoms with van der Waals surface area (Å²) in [4.78, 5) is 10.8. The van der Waals surface area contributed by atoms with Gasteiger partial charge >= 0.3 is 0 Å². The number of hydrogen-bond acceptors (Lipinski definition) is 8. The van der Waals surface area contributed by atoms with Crippen molar-refractivity contribution in [2.75, 3.05) is 0 Å². The molecule has 3 rings (SSSR count). The molecule has 0 atom stereocenters. The maximum atomic E-state index is 11.1. The van der Waals surface area contributed by atoms with Crippen LogP contribution < -0.4 is 0 Å². The lowest BCUT2D eigenvalue weighted by molar-refractivity contribution is -0.387. The Balaban J connectivity index is 1.94. The van der Waals surface area contributed by atoms with Gasteiger partial charge in [-0.1, -0.05) is 0 Å². The Morgan fingerprint density at radius 3 is 2.83 bits per heavy atom. The number of aryl methyl sites for hydroxylation is 1. The van der Waals surface area contributed by atoms with E-state index in [2.05, 4.69) is 10.2 Å². The minimum Gasteiger partial charge on any atom is -0.469 e. The van der Waals surface area contributed by atoms with Gasteiger partial charge in [-0.25, -0.2) is 0 Å². The van der Waals surface area contributed by atoms with Gasteiger partial charge in [-0.2, -0.15) is 5.26 Å². The molecular formula is C14H8N4O4S. The van der Waals surface area contributed by atoms with Crippen molar-refractivity contribution in [2.45, 2.75) is 17.0 Å². The molecule has 0 saturated heterocycles. The first-order valence-corrected chi connectivity index (χ1v) is 7.14. The normalized spacial score (nSPS) is 10.4. The summed E-state index contributed by atoms with van der Waals surface area (Å²) >= 11 is 0.932. The monoisotopic (exact) mass is 328 g/mol. The van der Waals surface area contributed by atoms with Crippen LogP contribution >= 0.6 is 11.8 Å². The van der Waals surface area contributed by atoms with E-state index >= 15 is 0 Å². The lowest BCUT2D eigenvalue weighted by Crippen LogP contribution is -1.91. The van der Waals surface area contributed by atoms with E-state index in [1.54, 1.807) is 13.0 Å². The summed E-state index contributed by atoms with van der Waals surface area (Å²) in [7, 11) is 0. The molecule has 114 valence electrons. The summed E-state index contributed by atoms with van der Waals surface area (Å²) in [5.74, 6) is 0.889. The van der Waals surface area contributed by atoms with Gasteiger partial charge in [0.15, 0.2) is 0 Å². The fourth-order valence-electron chi connectivity index (χ4n) is 1.88. The fourth-order valence-corrected chi connectivity index (χ4v) is 2.70. The van der Waals surface area contributed by atoms with E-state index in [4.69, 9.17) is 14.1 Å². The lowest BCUT2D eigenvalue weighted by Gasteiger charge is -1.99. The molecule has 0 amide bonds. The highest BCUT2D eigenvalue weighted by Crippen LogP contribution is 2.36. The zero-order chi connectivity index (χ0) is 16.4. The van der Waals surface area contributed by atoms with Crippen LogP contribution in [0, 0.1) is 28.4 Å². The van der Waals surface area contributed by atoms with Gasteiger partial charge in [-0.15, -0.1) is 10.2 Å². The molecule has 0 saturated carbocycles. The Labute approximate surface area is 133 Å². The zero-order valence-electron chi connectivity index (χ0n) is 11.7. The number of hydrogen-bond donors (Lipinski definition) is 0. The molecule has 0 N–H and O–H groups in total. The Bertz CT molecular complexity index is 925. The second-order valence-electron chi connectivity index (χ2n) is 4.42. The number of aromatic nitrogens is 2. The first-order valence-electron chi connectivity index (χ1n) is 6.33. The number of benzene rings is 1. The standard InChI is InChI=1S/C14H8N4O4S/c1-8-10(4-5-21-8)13-16-17-14(22-13)23-12-6-9(7-15)2-3-11(12)18(19)20/h2-6H,1H3. The number of nitrogens with zero attached hydrogens (tertiary/aromatic N) is 4. The summed E-state index contributed by atoms with van der Waals surface area (Å²) < 4.78 is 10.7. The van der Waals surface area contributed by atoms with Crippen molar-refractivity contribution in [1.29, 1.82) is 5.26 Å². The van der Waals surface area contributed by atoms with E-state index in [0.717, 1.165) is 11.8 Å². The smallest absolute Gasteiger partial charge is 0.283 e. The van der Waals surface area contributed by atoms with E-state index in [1.165, 1.54) is 24.5 Å². The van der Waals surface area contributed by atoms with Crippen molar-refractivity contribution in [2.24, 2.45) is 0 Å². The third-order valence-corrected chi connectivity index (χ3v) is 3.87. The molecule has 0 aliphatic carbocycles. The van der Waals surface area contributed by atoms with Gasteiger partial charge in [-0.3, -0.25) is 10.1 Å². The second kappa shape index (κ2) is 5.94. The molecule has 0 aliphatic rings. The predicted molar refractivity (Wildman–Crippen MR) is 78.7 cm³/mol. The second-order valence-corrected chi connectivity index (χ2v) is 5.41. The number of rotatable bonds is 4. The maximum Gasteiger partial charge on any atom is 0.283 e. The summed E-state index contributed by atoms with van der Waals surface area (Å²) in [5, 5.41) is 27.9. The molecule has 1 aromatic carbocycles. The van der Waals surface area contributed by atoms with E-state index in [0.29, 0.717) is 16.9 Å². The minimum absolute atomic E-state index is 0.131. The fraction of sp³-hybridized carbons (Fsp3) is 0.0714. The van der Waals surface area contributed by atoms with Crippen molar-refractivity contribution in [3.05, 3.63) is 52.0 Å². The first kappa shape index (κ1) is 14.8. The average Bonchev–Trinajstić information content (AvgIpc) is 3.15. The topological polar surface area (TPSA) is 119 Å². The van der Waals surface area contributed by atoms with E-state index in [9.17, 15) is 10.1 Å². The van der Waals surface area contributed by atoms with Crippen molar-refractivity contribution in [3.8, 4) is 17.5 Å². The molecule has 0 spiro atoms. The van der Waals surface area contributed by atoms with Crippen molar-refractivity contribution < 1.29 is 13.8 Å². The SMILES string of the molecule is Cc1occc1-c1nnc(Sc2cc(C#N)ccc2[N+](=O)[O-])o1. The zero-order valence-corrected chi connectivity index (χ0v) is 12.5. The highest BCUT2D eigenvalue weighted by molar-refractivity contribution is 7.99. The summed E-state index contributed by atoms with van der Waals surface area (Å²) in [5.41, 5.74) is 0.835. The summed E-state index contributed by atoms with van der Waals surface area (Å²) in [6.45, 7) is 1.76. The van der Waals surface area contributed by atoms with Crippen molar-refractivity contribution in [1.82, 2.24) is 10.2 Å². The van der Waals surface area contributed by atoms with Crippen LogP contribution in [0.25, 0.3) is 11.5 Å². The van der Waals surface area contributed by atoms with Gasteiger partial charge in [0.25, 0.3) is 16.8 Å². The quantitative estimate of drug-likeness (QED) is 0.526. The third kappa shape index (κ3) is 2.93. The largest absolute Gasteiger partial charge is 0.469 e. The van der Waals surface area contributed by atoms with Gasteiger partial charge < -0.3 is 8.83 Å².